The molecular weight excluding hydrogens is 436 g/mol. The van der Waals surface area contributed by atoms with Crippen LogP contribution in [-0.4, -0.2) is 18.5 Å². The Morgan fingerprint density at radius 2 is 1.46 bits per heavy atom. The predicted molar refractivity (Wildman–Crippen MR) is 141 cm³/mol. The fraction of sp³-hybridized carbons (Fsp3) is 0.138. The molecule has 6 rings (SSSR count). The fourth-order valence-corrected chi connectivity index (χ4v) is 5.02. The first-order valence-electron chi connectivity index (χ1n) is 11.5. The molecule has 35 heavy (non-hydrogen) atoms. The Morgan fingerprint density at radius 3 is 2.20 bits per heavy atom. The number of fused-ring (bicyclic) bond motifs is 5. The second-order valence-electron chi connectivity index (χ2n) is 9.15. The molecule has 0 aliphatic rings. The first-order chi connectivity index (χ1) is 16.9. The van der Waals surface area contributed by atoms with Gasteiger partial charge in [-0.05, 0) is 37.6 Å². The van der Waals surface area contributed by atoms with Crippen LogP contribution in [0.15, 0.2) is 82.4 Å². The van der Waals surface area contributed by atoms with E-state index in [0.29, 0.717) is 10.9 Å². The summed E-state index contributed by atoms with van der Waals surface area (Å²) in [6, 6.07) is 24.2. The van der Waals surface area contributed by atoms with Gasteiger partial charge in [0.2, 0.25) is 0 Å². The average molecular weight is 461 g/mol. The highest BCUT2D eigenvalue weighted by Gasteiger charge is 2.25. The molecule has 3 heterocycles. The van der Waals surface area contributed by atoms with E-state index in [1.807, 2.05) is 80.6 Å². The molecule has 0 aliphatic heterocycles. The van der Waals surface area contributed by atoms with E-state index >= 15 is 0 Å². The van der Waals surface area contributed by atoms with Crippen molar-refractivity contribution in [1.82, 2.24) is 18.5 Å². The number of aromatic nitrogens is 4. The number of aryl methyl sites for hydroxylation is 3. The highest BCUT2D eigenvalue weighted by Crippen LogP contribution is 2.38. The van der Waals surface area contributed by atoms with Crippen LogP contribution >= 0.6 is 0 Å². The van der Waals surface area contributed by atoms with Crippen molar-refractivity contribution in [3.05, 3.63) is 105 Å². The zero-order valence-electron chi connectivity index (χ0n) is 20.0. The van der Waals surface area contributed by atoms with Crippen LogP contribution in [0, 0.1) is 13.8 Å². The van der Waals surface area contributed by atoms with Crippen LogP contribution in [0.5, 0.6) is 0 Å². The minimum atomic E-state index is -0.367. The summed E-state index contributed by atoms with van der Waals surface area (Å²) in [6.45, 7) is 4.08. The topological polar surface area (TPSA) is 61.3 Å². The van der Waals surface area contributed by atoms with Gasteiger partial charge in [0.25, 0.3) is 5.56 Å². The summed E-state index contributed by atoms with van der Waals surface area (Å²) in [5.74, 6) is 0. The summed E-state index contributed by atoms with van der Waals surface area (Å²) in [5.41, 5.74) is 7.91. The average Bonchev–Trinajstić information content (AvgIpc) is 3.23. The molecule has 0 atom stereocenters. The third kappa shape index (κ3) is 2.99. The molecule has 0 bridgehead atoms. The SMILES string of the molecule is Cc1ccc(-c2nc3ccccc3n3c(-c4cccc(C)c4)c4c(=O)n(C)c(=O)n(C)c4c23)cc1. The molecule has 6 heteroatoms. The van der Waals surface area contributed by atoms with E-state index in [-0.39, 0.29) is 11.2 Å². The molecule has 0 radical (unpaired) electrons. The van der Waals surface area contributed by atoms with Gasteiger partial charge in [-0.25, -0.2) is 9.78 Å². The number of para-hydroxylation sites is 2. The lowest BCUT2D eigenvalue weighted by Gasteiger charge is -2.12. The highest BCUT2D eigenvalue weighted by atomic mass is 16.2. The summed E-state index contributed by atoms with van der Waals surface area (Å²) in [7, 11) is 3.25. The van der Waals surface area contributed by atoms with Gasteiger partial charge in [0.15, 0.2) is 0 Å². The summed E-state index contributed by atoms with van der Waals surface area (Å²) < 4.78 is 4.86. The van der Waals surface area contributed by atoms with E-state index in [1.54, 1.807) is 11.6 Å². The smallest absolute Gasteiger partial charge is 0.303 e. The van der Waals surface area contributed by atoms with Crippen molar-refractivity contribution in [2.45, 2.75) is 13.8 Å². The zero-order valence-corrected chi connectivity index (χ0v) is 20.0. The Hall–Kier alpha value is -4.45. The Bertz CT molecular complexity index is 1920. The first kappa shape index (κ1) is 21.1. The van der Waals surface area contributed by atoms with E-state index in [0.717, 1.165) is 50.2 Å². The van der Waals surface area contributed by atoms with Crippen molar-refractivity contribution in [3.8, 4) is 22.5 Å². The van der Waals surface area contributed by atoms with Gasteiger partial charge in [-0.2, -0.15) is 0 Å². The minimum absolute atomic E-state index is 0.317. The van der Waals surface area contributed by atoms with Gasteiger partial charge in [0, 0.05) is 19.7 Å². The number of rotatable bonds is 2. The molecule has 0 fully saturated rings. The molecule has 0 unspecified atom stereocenters. The Labute approximate surface area is 201 Å². The fourth-order valence-electron chi connectivity index (χ4n) is 5.02. The number of hydrogen-bond acceptors (Lipinski definition) is 3. The highest BCUT2D eigenvalue weighted by molar-refractivity contribution is 6.11. The normalized spacial score (nSPS) is 11.7. The molecule has 3 aromatic carbocycles. The summed E-state index contributed by atoms with van der Waals surface area (Å²) >= 11 is 0. The minimum Gasteiger partial charge on any atom is -0.303 e. The molecule has 3 aromatic heterocycles. The molecule has 0 N–H and O–H groups in total. The number of hydrogen-bond donors (Lipinski definition) is 0. The van der Waals surface area contributed by atoms with Crippen LogP contribution in [0.4, 0.5) is 0 Å². The van der Waals surface area contributed by atoms with Gasteiger partial charge in [0.05, 0.1) is 38.8 Å². The lowest BCUT2D eigenvalue weighted by atomic mass is 10.1. The first-order valence-corrected chi connectivity index (χ1v) is 11.5. The second kappa shape index (κ2) is 7.53. The third-order valence-electron chi connectivity index (χ3n) is 6.77. The molecular formula is C29H24N4O2. The van der Waals surface area contributed by atoms with Gasteiger partial charge in [0.1, 0.15) is 0 Å². The van der Waals surface area contributed by atoms with Crippen molar-refractivity contribution in [2.24, 2.45) is 14.1 Å². The predicted octanol–water partition coefficient (Wildman–Crippen LogP) is 4.99. The van der Waals surface area contributed by atoms with Crippen LogP contribution < -0.4 is 11.2 Å². The lowest BCUT2D eigenvalue weighted by molar-refractivity contribution is 0.716. The maximum Gasteiger partial charge on any atom is 0.331 e. The maximum absolute atomic E-state index is 13.7. The molecule has 0 aliphatic carbocycles. The molecule has 0 saturated heterocycles. The Kier molecular flexibility index (Phi) is 4.54. The number of benzene rings is 3. The van der Waals surface area contributed by atoms with Gasteiger partial charge < -0.3 is 4.40 Å². The van der Waals surface area contributed by atoms with Gasteiger partial charge in [-0.1, -0.05) is 65.7 Å². The second-order valence-corrected chi connectivity index (χ2v) is 9.15. The summed E-state index contributed by atoms with van der Waals surface area (Å²) in [5, 5.41) is 0.506. The van der Waals surface area contributed by atoms with E-state index in [2.05, 4.69) is 10.5 Å². The van der Waals surface area contributed by atoms with Crippen LogP contribution in [0.2, 0.25) is 0 Å². The van der Waals surface area contributed by atoms with E-state index in [4.69, 9.17) is 4.98 Å². The monoisotopic (exact) mass is 460 g/mol. The molecule has 0 spiro atoms. The van der Waals surface area contributed by atoms with Crippen LogP contribution in [0.25, 0.3) is 50.0 Å². The Balaban J connectivity index is 1.99. The van der Waals surface area contributed by atoms with Crippen molar-refractivity contribution >= 4 is 27.5 Å². The number of nitrogens with zero attached hydrogens (tertiary/aromatic N) is 4. The van der Waals surface area contributed by atoms with Gasteiger partial charge in [-0.3, -0.25) is 13.9 Å². The quantitative estimate of drug-likeness (QED) is 0.366. The largest absolute Gasteiger partial charge is 0.331 e. The van der Waals surface area contributed by atoms with Crippen LogP contribution in [0.3, 0.4) is 0 Å². The van der Waals surface area contributed by atoms with Crippen molar-refractivity contribution in [3.63, 3.8) is 0 Å². The third-order valence-corrected chi connectivity index (χ3v) is 6.77. The molecule has 6 aromatic rings. The standard InChI is InChI=1S/C29H24N4O2/c1-17-12-14-19(15-13-17)24-27-26-23(28(34)32(4)29(35)31(26)3)25(20-9-7-8-18(2)16-20)33(27)22-11-6-5-10-21(22)30-24/h5-16H,1-4H3. The Morgan fingerprint density at radius 1 is 0.714 bits per heavy atom. The van der Waals surface area contributed by atoms with E-state index < -0.39 is 0 Å². The van der Waals surface area contributed by atoms with Crippen molar-refractivity contribution < 1.29 is 0 Å². The van der Waals surface area contributed by atoms with Crippen LogP contribution in [0.1, 0.15) is 11.1 Å². The van der Waals surface area contributed by atoms with E-state index in [9.17, 15) is 9.59 Å². The summed E-state index contributed by atoms with van der Waals surface area (Å²) in [4.78, 5) is 31.8. The molecule has 172 valence electrons. The van der Waals surface area contributed by atoms with Crippen molar-refractivity contribution in [1.29, 1.82) is 0 Å². The lowest BCUT2D eigenvalue weighted by Crippen LogP contribution is -2.36. The van der Waals surface area contributed by atoms with E-state index in [1.165, 1.54) is 11.6 Å². The zero-order chi connectivity index (χ0) is 24.4. The van der Waals surface area contributed by atoms with Crippen LogP contribution in [-0.2, 0) is 14.1 Å². The molecule has 6 nitrogen and oxygen atoms in total. The van der Waals surface area contributed by atoms with Gasteiger partial charge in [-0.15, -0.1) is 0 Å². The summed E-state index contributed by atoms with van der Waals surface area (Å²) in [6.07, 6.45) is 0. The molecule has 0 saturated carbocycles. The molecule has 0 amide bonds. The maximum atomic E-state index is 13.7. The van der Waals surface area contributed by atoms with Crippen molar-refractivity contribution in [2.75, 3.05) is 0 Å². The van der Waals surface area contributed by atoms with Gasteiger partial charge >= 0.3 is 5.69 Å².